The third-order valence-electron chi connectivity index (χ3n) is 10.6. The summed E-state index contributed by atoms with van der Waals surface area (Å²) < 4.78 is 89.4. The van der Waals surface area contributed by atoms with Gasteiger partial charge in [0.1, 0.15) is 13.2 Å². The first-order chi connectivity index (χ1) is 31.3. The van der Waals surface area contributed by atoms with Crippen LogP contribution in [0, 0.1) is 0 Å². The molecule has 1 amide bonds. The maximum atomic E-state index is 12.7. The normalized spacial score (nSPS) is 11.9. The van der Waals surface area contributed by atoms with Crippen LogP contribution in [0.2, 0.25) is 0 Å². The van der Waals surface area contributed by atoms with Gasteiger partial charge in [-0.15, -0.1) is 0 Å². The standard InChI is InChI=1S/C47H88N2O14S2.2Na/c1-3-5-7-9-11-13-15-17-19-21-23-25-27-29-31-34-45(50)59-42-44(43-60-46(51)35-32-30-28-26-24-22-20-18-16-14-12-10-8-6-4-2)63-47(52)48-36-33-37-49(38-40-61-64(53,54)55)39-41-62-65(56,57)58;;/h17-20,44H,3-16,21-43H2,1-2H3,(H,48,52)(H,53,54,55)(H,56,57,58);;/q;2*+1/p-2/b19-17-,20-18-;;. The topological polar surface area (TPSA) is 227 Å². The van der Waals surface area contributed by atoms with Crippen LogP contribution in [-0.2, 0) is 53.0 Å². The Morgan fingerprint density at radius 3 is 1.21 bits per heavy atom. The van der Waals surface area contributed by atoms with E-state index in [-0.39, 0.29) is 118 Å². The molecule has 0 aromatic rings. The Labute approximate surface area is 450 Å². The van der Waals surface area contributed by atoms with E-state index in [2.05, 4.69) is 51.8 Å². The first kappa shape index (κ1) is 70.6. The minimum absolute atomic E-state index is 0. The van der Waals surface area contributed by atoms with Gasteiger partial charge in [-0.05, 0) is 70.6 Å². The van der Waals surface area contributed by atoms with Crippen molar-refractivity contribution in [1.29, 1.82) is 0 Å². The first-order valence-electron chi connectivity index (χ1n) is 24.7. The fraction of sp³-hybridized carbons (Fsp3) is 0.851. The Balaban J connectivity index is -0.0000205. The minimum atomic E-state index is -4.96. The molecule has 0 radical (unpaired) electrons. The molecule has 382 valence electrons. The van der Waals surface area contributed by atoms with Gasteiger partial charge < -0.3 is 28.6 Å². The summed E-state index contributed by atoms with van der Waals surface area (Å²) >= 11 is 0. The van der Waals surface area contributed by atoms with Gasteiger partial charge in [-0.1, -0.05) is 141 Å². The number of rotatable bonds is 47. The van der Waals surface area contributed by atoms with Gasteiger partial charge in [0.2, 0.25) is 20.8 Å². The number of hydrogen-bond acceptors (Lipinski definition) is 15. The number of esters is 2. The van der Waals surface area contributed by atoms with Crippen molar-refractivity contribution < 1.29 is 122 Å². The van der Waals surface area contributed by atoms with Gasteiger partial charge in [-0.3, -0.25) is 22.9 Å². The summed E-state index contributed by atoms with van der Waals surface area (Å²) in [4.78, 5) is 39.4. The van der Waals surface area contributed by atoms with Crippen LogP contribution in [-0.4, -0.2) is 108 Å². The number of alkyl carbamates (subject to hydrolysis) is 1. The molecule has 0 unspecified atom stereocenters. The van der Waals surface area contributed by atoms with Crippen LogP contribution in [0.25, 0.3) is 0 Å². The van der Waals surface area contributed by atoms with Gasteiger partial charge in [-0.25, -0.2) is 21.6 Å². The van der Waals surface area contributed by atoms with Crippen molar-refractivity contribution >= 4 is 38.8 Å². The molecule has 0 aliphatic rings. The van der Waals surface area contributed by atoms with E-state index >= 15 is 0 Å². The molecule has 0 atom stereocenters. The van der Waals surface area contributed by atoms with Crippen LogP contribution in [0.4, 0.5) is 4.79 Å². The zero-order valence-electron chi connectivity index (χ0n) is 42.0. The summed E-state index contributed by atoms with van der Waals surface area (Å²) in [5, 5.41) is 2.54. The van der Waals surface area contributed by atoms with Crippen LogP contribution < -0.4 is 64.4 Å². The van der Waals surface area contributed by atoms with E-state index in [9.17, 15) is 40.3 Å². The average molecular weight is 1010 g/mol. The fourth-order valence-electron chi connectivity index (χ4n) is 6.87. The van der Waals surface area contributed by atoms with Gasteiger partial charge >= 0.3 is 77.1 Å². The maximum absolute atomic E-state index is 12.7. The molecule has 0 aliphatic carbocycles. The molecule has 1 N–H and O–H groups in total. The average Bonchev–Trinajstić information content (AvgIpc) is 3.25. The van der Waals surface area contributed by atoms with Crippen molar-refractivity contribution in [1.82, 2.24) is 10.2 Å². The maximum Gasteiger partial charge on any atom is 1.00 e. The quantitative estimate of drug-likeness (QED) is 0.0174. The van der Waals surface area contributed by atoms with Crippen LogP contribution in [0.5, 0.6) is 0 Å². The molecule has 0 saturated heterocycles. The van der Waals surface area contributed by atoms with Crippen LogP contribution >= 0.6 is 0 Å². The van der Waals surface area contributed by atoms with Crippen LogP contribution in [0.3, 0.4) is 0 Å². The number of carbonyl (C=O) groups excluding carboxylic acids is 3. The monoisotopic (exact) mass is 1010 g/mol. The molecule has 67 heavy (non-hydrogen) atoms. The van der Waals surface area contributed by atoms with E-state index in [1.807, 2.05) is 0 Å². The van der Waals surface area contributed by atoms with E-state index in [1.54, 1.807) is 0 Å². The second kappa shape index (κ2) is 50.3. The molecule has 0 saturated carbocycles. The number of carbonyl (C=O) groups is 3. The summed E-state index contributed by atoms with van der Waals surface area (Å²) in [6.45, 7) is 2.72. The summed E-state index contributed by atoms with van der Waals surface area (Å²) in [5.41, 5.74) is 0. The third kappa shape index (κ3) is 56.2. The Bertz CT molecular complexity index is 1360. The first-order valence-corrected chi connectivity index (χ1v) is 27.4. The van der Waals surface area contributed by atoms with Crippen LogP contribution in [0.15, 0.2) is 24.3 Å². The molecular formula is C47H86N2Na2O14S2. The molecule has 0 fully saturated rings. The number of allylic oxidation sites excluding steroid dienone is 4. The zero-order chi connectivity index (χ0) is 48.1. The number of hydrogen-bond donors (Lipinski definition) is 1. The molecular weight excluding hydrogens is 927 g/mol. The molecule has 0 rings (SSSR count). The minimum Gasteiger partial charge on any atom is -0.726 e. The summed E-state index contributed by atoms with van der Waals surface area (Å²) in [7, 11) is -9.91. The van der Waals surface area contributed by atoms with Crippen LogP contribution in [0.1, 0.15) is 200 Å². The van der Waals surface area contributed by atoms with Gasteiger partial charge in [-0.2, -0.15) is 0 Å². The summed E-state index contributed by atoms with van der Waals surface area (Å²) in [6, 6.07) is 0. The van der Waals surface area contributed by atoms with Crippen molar-refractivity contribution in [3.05, 3.63) is 24.3 Å². The summed E-state index contributed by atoms with van der Waals surface area (Å²) in [5.74, 6) is -0.891. The zero-order valence-corrected chi connectivity index (χ0v) is 47.7. The number of ether oxygens (including phenoxy) is 3. The molecule has 0 heterocycles. The number of unbranched alkanes of at least 4 members (excludes halogenated alkanes) is 22. The van der Waals surface area contributed by atoms with E-state index in [0.29, 0.717) is 12.8 Å². The Morgan fingerprint density at radius 2 is 0.851 bits per heavy atom. The Kier molecular flexibility index (Phi) is 53.1. The van der Waals surface area contributed by atoms with Crippen molar-refractivity contribution in [3.63, 3.8) is 0 Å². The Morgan fingerprint density at radius 1 is 0.507 bits per heavy atom. The third-order valence-corrected chi connectivity index (χ3v) is 11.5. The van der Waals surface area contributed by atoms with Gasteiger partial charge in [0.15, 0.2) is 6.10 Å². The van der Waals surface area contributed by atoms with Gasteiger partial charge in [0.05, 0.1) is 13.2 Å². The largest absolute Gasteiger partial charge is 1.00 e. The Hall–Kier alpha value is -0.610. The SMILES string of the molecule is CCCCCCCC/C=C\CCCCCCCC(=O)OCC(COC(=O)CCCCCCC/C=C\CCCCCCCC)OC(=O)NCCCN(CCOS(=O)(=O)[O-])CCOS(=O)(=O)[O-].[Na+].[Na+]. The summed E-state index contributed by atoms with van der Waals surface area (Å²) in [6.07, 6.45) is 37.4. The van der Waals surface area contributed by atoms with E-state index in [4.69, 9.17) is 14.2 Å². The number of nitrogens with zero attached hydrogens (tertiary/aromatic N) is 1. The smallest absolute Gasteiger partial charge is 0.726 e. The van der Waals surface area contributed by atoms with Crippen molar-refractivity contribution in [2.24, 2.45) is 0 Å². The van der Waals surface area contributed by atoms with E-state index in [1.165, 1.54) is 81.9 Å². The molecule has 20 heteroatoms. The molecule has 0 aromatic carbocycles. The molecule has 0 aromatic heterocycles. The fourth-order valence-corrected chi connectivity index (χ4v) is 7.43. The van der Waals surface area contributed by atoms with Crippen molar-refractivity contribution in [3.8, 4) is 0 Å². The number of nitrogens with one attached hydrogen (secondary N) is 1. The van der Waals surface area contributed by atoms with E-state index < -0.39 is 58.1 Å². The second-order valence-electron chi connectivity index (χ2n) is 16.6. The van der Waals surface area contributed by atoms with E-state index in [0.717, 1.165) is 77.0 Å². The van der Waals surface area contributed by atoms with Gasteiger partial charge in [0.25, 0.3) is 0 Å². The molecule has 0 bridgehead atoms. The molecule has 0 spiro atoms. The van der Waals surface area contributed by atoms with Gasteiger partial charge in [0, 0.05) is 39.0 Å². The second-order valence-corrected chi connectivity index (χ2v) is 18.7. The predicted molar refractivity (Wildman–Crippen MR) is 251 cm³/mol. The van der Waals surface area contributed by atoms with Crippen molar-refractivity contribution in [2.75, 3.05) is 52.6 Å². The number of amides is 1. The van der Waals surface area contributed by atoms with Crippen molar-refractivity contribution in [2.45, 2.75) is 206 Å². The predicted octanol–water partition coefficient (Wildman–Crippen LogP) is 3.90. The molecule has 0 aliphatic heterocycles. The molecule has 16 nitrogen and oxygen atoms in total.